The van der Waals surface area contributed by atoms with E-state index in [0.717, 1.165) is 19.3 Å². The number of hydrogen-bond donors (Lipinski definition) is 2. The maximum Gasteiger partial charge on any atom is 0.287 e. The first kappa shape index (κ1) is 20.7. The second kappa shape index (κ2) is 8.53. The van der Waals surface area contributed by atoms with Crippen molar-refractivity contribution in [1.29, 1.82) is 0 Å². The third kappa shape index (κ3) is 4.51. The third-order valence-electron chi connectivity index (χ3n) is 4.31. The lowest BCUT2D eigenvalue weighted by Crippen LogP contribution is -2.42. The van der Waals surface area contributed by atoms with Crippen LogP contribution < -0.4 is 15.8 Å². The molecule has 3 aromatic rings. The predicted octanol–water partition coefficient (Wildman–Crippen LogP) is 0.943. The van der Waals surface area contributed by atoms with Crippen LogP contribution >= 0.6 is 0 Å². The van der Waals surface area contributed by atoms with E-state index < -0.39 is 15.9 Å². The van der Waals surface area contributed by atoms with Crippen LogP contribution in [0, 0.1) is 0 Å². The second-order valence-corrected chi connectivity index (χ2v) is 8.20. The minimum atomic E-state index is -4.04. The van der Waals surface area contributed by atoms with Gasteiger partial charge in [0.1, 0.15) is 0 Å². The van der Waals surface area contributed by atoms with Gasteiger partial charge in [-0.05, 0) is 12.5 Å². The number of nitrogens with zero attached hydrogens (tertiary/aromatic N) is 4. The molecule has 0 bridgehead atoms. The number of carbonyl (C=O) groups excluding carboxylic acids is 1. The Balaban J connectivity index is 1.90. The summed E-state index contributed by atoms with van der Waals surface area (Å²) in [5.41, 5.74) is 1.82. The van der Waals surface area contributed by atoms with Crippen molar-refractivity contribution < 1.29 is 13.2 Å². The Morgan fingerprint density at radius 1 is 1.17 bits per heavy atom. The van der Waals surface area contributed by atoms with E-state index in [1.807, 2.05) is 11.8 Å². The van der Waals surface area contributed by atoms with Gasteiger partial charge in [-0.15, -0.1) is 4.83 Å². The monoisotopic (exact) mass is 418 g/mol. The molecule has 0 saturated heterocycles. The number of benzene rings is 1. The minimum Gasteiger partial charge on any atom is -0.339 e. The summed E-state index contributed by atoms with van der Waals surface area (Å²) in [5, 5.41) is 4.64. The normalized spacial score (nSPS) is 11.7. The highest BCUT2D eigenvalue weighted by Crippen LogP contribution is 2.13. The molecule has 11 heteroatoms. The van der Waals surface area contributed by atoms with Gasteiger partial charge in [-0.1, -0.05) is 38.0 Å². The summed E-state index contributed by atoms with van der Waals surface area (Å²) in [6.45, 7) is 2.42. The Labute approximate surface area is 167 Å². The largest absolute Gasteiger partial charge is 0.339 e. The molecule has 3 rings (SSSR count). The lowest BCUT2D eigenvalue weighted by Gasteiger charge is -2.11. The van der Waals surface area contributed by atoms with Crippen LogP contribution in [-0.2, 0) is 23.6 Å². The second-order valence-electron chi connectivity index (χ2n) is 6.57. The molecule has 1 aromatic carbocycles. The van der Waals surface area contributed by atoms with Gasteiger partial charge in [-0.2, -0.15) is 5.10 Å². The number of sulfonamides is 1. The van der Waals surface area contributed by atoms with Gasteiger partial charge < -0.3 is 4.57 Å². The van der Waals surface area contributed by atoms with Crippen LogP contribution in [-0.4, -0.2) is 33.7 Å². The molecule has 2 N–H and O–H groups in total. The Morgan fingerprint density at radius 2 is 1.90 bits per heavy atom. The summed E-state index contributed by atoms with van der Waals surface area (Å²) in [6.07, 6.45) is 5.28. The van der Waals surface area contributed by atoms with Crippen LogP contribution in [0.1, 0.15) is 36.7 Å². The van der Waals surface area contributed by atoms with E-state index in [4.69, 9.17) is 0 Å². The molecule has 1 amide bonds. The van der Waals surface area contributed by atoms with Gasteiger partial charge in [0.2, 0.25) is 0 Å². The lowest BCUT2D eigenvalue weighted by atomic mass is 10.1. The average Bonchev–Trinajstić information content (AvgIpc) is 3.15. The van der Waals surface area contributed by atoms with Gasteiger partial charge >= 0.3 is 0 Å². The molecule has 0 aliphatic rings. The van der Waals surface area contributed by atoms with Gasteiger partial charge in [0, 0.05) is 25.2 Å². The van der Waals surface area contributed by atoms with Gasteiger partial charge in [-0.25, -0.2) is 18.1 Å². The molecule has 0 atom stereocenters. The van der Waals surface area contributed by atoms with Crippen molar-refractivity contribution in [2.75, 3.05) is 0 Å². The summed E-state index contributed by atoms with van der Waals surface area (Å²) in [4.78, 5) is 31.1. The number of nitrogens with one attached hydrogen (secondary N) is 2. The highest BCUT2D eigenvalue weighted by Gasteiger charge is 2.21. The smallest absolute Gasteiger partial charge is 0.287 e. The topological polar surface area (TPSA) is 128 Å². The first-order valence-corrected chi connectivity index (χ1v) is 10.6. The highest BCUT2D eigenvalue weighted by molar-refractivity contribution is 7.89. The molecule has 0 aliphatic carbocycles. The summed E-state index contributed by atoms with van der Waals surface area (Å²) < 4.78 is 27.2. The maximum atomic E-state index is 12.7. The number of amides is 1. The number of unbranched alkanes of at least 4 members (excludes halogenated alkanes) is 2. The number of fused-ring (bicyclic) bond motifs is 1. The van der Waals surface area contributed by atoms with Crippen molar-refractivity contribution in [3.63, 3.8) is 0 Å². The molecule has 2 heterocycles. The standard InChI is InChI=1S/C18H22N6O4S/c1-3-4-7-10-24-18(26)14-9-6-5-8-13(14)16(21-24)17(25)20-22-29(27,28)15-11-23(2)12-19-15/h5-6,8-9,11-12,22H,3-4,7,10H2,1-2H3,(H,20,25). The van der Waals surface area contributed by atoms with E-state index in [1.165, 1.54) is 21.8 Å². The van der Waals surface area contributed by atoms with E-state index in [0.29, 0.717) is 17.3 Å². The Kier molecular flexibility index (Phi) is 6.09. The number of hydrazine groups is 1. The molecule has 0 spiro atoms. The third-order valence-corrected chi connectivity index (χ3v) is 5.44. The van der Waals surface area contributed by atoms with Crippen LogP contribution in [0.3, 0.4) is 0 Å². The average molecular weight is 418 g/mol. The van der Waals surface area contributed by atoms with Gasteiger partial charge in [0.05, 0.1) is 11.7 Å². The molecule has 2 aromatic heterocycles. The summed E-state index contributed by atoms with van der Waals surface area (Å²) >= 11 is 0. The van der Waals surface area contributed by atoms with Crippen molar-refractivity contribution >= 4 is 26.7 Å². The number of aryl methyl sites for hydroxylation is 2. The molecule has 0 unspecified atom stereocenters. The van der Waals surface area contributed by atoms with E-state index in [-0.39, 0.29) is 16.3 Å². The van der Waals surface area contributed by atoms with E-state index >= 15 is 0 Å². The Morgan fingerprint density at radius 3 is 2.55 bits per heavy atom. The fourth-order valence-corrected chi connectivity index (χ4v) is 3.64. The van der Waals surface area contributed by atoms with Gasteiger partial charge in [-0.3, -0.25) is 15.0 Å². The van der Waals surface area contributed by atoms with Crippen molar-refractivity contribution in [3.05, 3.63) is 52.8 Å². The Hall–Kier alpha value is -3.05. The summed E-state index contributed by atoms with van der Waals surface area (Å²) in [7, 11) is -2.41. The SMILES string of the molecule is CCCCCn1nc(C(=O)NNS(=O)(=O)c2cn(C)cn2)c2ccccc2c1=O. The minimum absolute atomic E-state index is 0.0413. The van der Waals surface area contributed by atoms with Crippen LogP contribution in [0.25, 0.3) is 10.8 Å². The van der Waals surface area contributed by atoms with E-state index in [2.05, 4.69) is 15.5 Å². The molecule has 29 heavy (non-hydrogen) atoms. The van der Waals surface area contributed by atoms with Crippen LogP contribution in [0.15, 0.2) is 46.6 Å². The zero-order chi connectivity index (χ0) is 21.0. The Bertz CT molecular complexity index is 1200. The van der Waals surface area contributed by atoms with Crippen molar-refractivity contribution in [3.8, 4) is 0 Å². The van der Waals surface area contributed by atoms with E-state index in [1.54, 1.807) is 31.3 Å². The zero-order valence-corrected chi connectivity index (χ0v) is 16.9. The molecule has 0 aliphatic heterocycles. The van der Waals surface area contributed by atoms with Crippen molar-refractivity contribution in [1.82, 2.24) is 29.6 Å². The first-order valence-electron chi connectivity index (χ1n) is 9.13. The predicted molar refractivity (Wildman–Crippen MR) is 107 cm³/mol. The first-order chi connectivity index (χ1) is 13.8. The maximum absolute atomic E-state index is 12.7. The van der Waals surface area contributed by atoms with Crippen LogP contribution in [0.4, 0.5) is 0 Å². The molecule has 0 saturated carbocycles. The van der Waals surface area contributed by atoms with Crippen LogP contribution in [0.5, 0.6) is 0 Å². The summed E-state index contributed by atoms with van der Waals surface area (Å²) in [5.74, 6) is -0.773. The summed E-state index contributed by atoms with van der Waals surface area (Å²) in [6, 6.07) is 6.60. The number of carbonyl (C=O) groups is 1. The van der Waals surface area contributed by atoms with Crippen LogP contribution in [0.2, 0.25) is 0 Å². The molecule has 0 radical (unpaired) electrons. The fourth-order valence-electron chi connectivity index (χ4n) is 2.82. The number of hydrogen-bond acceptors (Lipinski definition) is 6. The molecular weight excluding hydrogens is 396 g/mol. The molecule has 10 nitrogen and oxygen atoms in total. The van der Waals surface area contributed by atoms with Crippen molar-refractivity contribution in [2.45, 2.75) is 37.8 Å². The molecular formula is C18H22N6O4S. The lowest BCUT2D eigenvalue weighted by molar-refractivity contribution is 0.0939. The molecule has 154 valence electrons. The molecule has 0 fully saturated rings. The van der Waals surface area contributed by atoms with Crippen molar-refractivity contribution in [2.24, 2.45) is 7.05 Å². The van der Waals surface area contributed by atoms with Gasteiger partial charge in [0.25, 0.3) is 21.5 Å². The fraction of sp³-hybridized carbons (Fsp3) is 0.333. The zero-order valence-electron chi connectivity index (χ0n) is 16.1. The number of rotatable bonds is 8. The highest BCUT2D eigenvalue weighted by atomic mass is 32.2. The van der Waals surface area contributed by atoms with Gasteiger partial charge in [0.15, 0.2) is 10.7 Å². The number of aromatic nitrogens is 4. The number of imidazole rings is 1. The quantitative estimate of drug-likeness (QED) is 0.414. The van der Waals surface area contributed by atoms with E-state index in [9.17, 15) is 18.0 Å².